The molecule has 0 N–H and O–H groups in total. The van der Waals surface area contributed by atoms with Gasteiger partial charge in [0.15, 0.2) is 0 Å². The highest BCUT2D eigenvalue weighted by Gasteiger charge is 2.25. The largest absolute Gasteiger partial charge is 0.378 e. The minimum atomic E-state index is 0.257. The molecule has 0 spiro atoms. The fourth-order valence-electron chi connectivity index (χ4n) is 2.80. The van der Waals surface area contributed by atoms with Gasteiger partial charge in [-0.15, -0.1) is 0 Å². The molecule has 21 heavy (non-hydrogen) atoms. The first-order valence-corrected chi connectivity index (χ1v) is 7.71. The summed E-state index contributed by atoms with van der Waals surface area (Å²) in [5, 5.41) is 0.257. The highest BCUT2D eigenvalue weighted by molar-refractivity contribution is 6.28. The number of likely N-dealkylation sites (N-methyl/N-ethyl adjacent to an activating group) is 1. The van der Waals surface area contributed by atoms with Gasteiger partial charge < -0.3 is 19.4 Å². The van der Waals surface area contributed by atoms with Crippen molar-refractivity contribution in [3.63, 3.8) is 0 Å². The van der Waals surface area contributed by atoms with Gasteiger partial charge in [-0.3, -0.25) is 0 Å². The molecule has 1 unspecified atom stereocenters. The summed E-state index contributed by atoms with van der Waals surface area (Å²) in [6.45, 7) is 8.06. The average molecular weight is 313 g/mol. The summed E-state index contributed by atoms with van der Waals surface area (Å²) in [4.78, 5) is 19.8. The van der Waals surface area contributed by atoms with Gasteiger partial charge in [0, 0.05) is 38.8 Å². The van der Waals surface area contributed by atoms with E-state index in [9.17, 15) is 0 Å². The molecule has 0 aliphatic carbocycles. The van der Waals surface area contributed by atoms with E-state index in [0.29, 0.717) is 31.2 Å². The van der Waals surface area contributed by atoms with Crippen LogP contribution in [-0.4, -0.2) is 78.9 Å². The molecule has 0 amide bonds. The minimum Gasteiger partial charge on any atom is -0.378 e. The fourth-order valence-corrected chi connectivity index (χ4v) is 2.95. The number of nitrogens with zero attached hydrogens (tertiary/aromatic N) is 6. The molecule has 1 aromatic heterocycles. The first-order chi connectivity index (χ1) is 10.1. The van der Waals surface area contributed by atoms with Crippen LogP contribution in [0.2, 0.25) is 5.28 Å². The van der Waals surface area contributed by atoms with Crippen LogP contribution in [0.1, 0.15) is 6.92 Å². The van der Waals surface area contributed by atoms with Crippen molar-refractivity contribution in [2.45, 2.75) is 13.0 Å². The lowest BCUT2D eigenvalue weighted by Crippen LogP contribution is -2.51. The topological polar surface area (TPSA) is 57.6 Å². The summed E-state index contributed by atoms with van der Waals surface area (Å²) in [6, 6.07) is 0.361. The normalized spacial score (nSPS) is 24.4. The zero-order valence-electron chi connectivity index (χ0n) is 12.5. The molecule has 2 aliphatic heterocycles. The number of morpholine rings is 1. The van der Waals surface area contributed by atoms with E-state index in [1.807, 2.05) is 0 Å². The number of ether oxygens (including phenoxy) is 1. The van der Waals surface area contributed by atoms with Gasteiger partial charge in [-0.2, -0.15) is 15.0 Å². The van der Waals surface area contributed by atoms with E-state index in [1.165, 1.54) is 0 Å². The molecule has 116 valence electrons. The summed E-state index contributed by atoms with van der Waals surface area (Å²) >= 11 is 6.11. The Morgan fingerprint density at radius 2 is 1.76 bits per heavy atom. The zero-order valence-corrected chi connectivity index (χ0v) is 13.3. The van der Waals surface area contributed by atoms with Crippen LogP contribution in [0.3, 0.4) is 0 Å². The number of rotatable bonds is 2. The van der Waals surface area contributed by atoms with Crippen molar-refractivity contribution >= 4 is 23.5 Å². The van der Waals surface area contributed by atoms with Gasteiger partial charge in [0.1, 0.15) is 0 Å². The number of hydrogen-bond acceptors (Lipinski definition) is 7. The molecule has 1 aromatic rings. The SMILES string of the molecule is CC1CN(C)CCN1c1nc(Cl)nc(N2CCOCC2)n1. The van der Waals surface area contributed by atoms with E-state index in [-0.39, 0.29) is 5.28 Å². The molecule has 2 fully saturated rings. The first-order valence-electron chi connectivity index (χ1n) is 7.33. The molecule has 3 heterocycles. The van der Waals surface area contributed by atoms with Crippen molar-refractivity contribution in [1.29, 1.82) is 0 Å². The lowest BCUT2D eigenvalue weighted by atomic mass is 10.2. The maximum Gasteiger partial charge on any atom is 0.231 e. The second-order valence-corrected chi connectivity index (χ2v) is 5.95. The number of halogens is 1. The molecule has 0 aromatic carbocycles. The van der Waals surface area contributed by atoms with Gasteiger partial charge in [-0.1, -0.05) is 0 Å². The Kier molecular flexibility index (Phi) is 4.42. The highest BCUT2D eigenvalue weighted by Crippen LogP contribution is 2.21. The Bertz CT molecular complexity index is 496. The lowest BCUT2D eigenvalue weighted by molar-refractivity contribution is 0.122. The van der Waals surface area contributed by atoms with Crippen LogP contribution in [0.15, 0.2) is 0 Å². The van der Waals surface area contributed by atoms with Crippen LogP contribution in [0.4, 0.5) is 11.9 Å². The van der Waals surface area contributed by atoms with Gasteiger partial charge in [-0.25, -0.2) is 0 Å². The van der Waals surface area contributed by atoms with Gasteiger partial charge in [0.2, 0.25) is 17.2 Å². The smallest absolute Gasteiger partial charge is 0.231 e. The third-order valence-electron chi connectivity index (χ3n) is 3.97. The average Bonchev–Trinajstić information content (AvgIpc) is 2.47. The number of anilines is 2. The molecular weight excluding hydrogens is 292 g/mol. The summed E-state index contributed by atoms with van der Waals surface area (Å²) < 4.78 is 5.37. The predicted octanol–water partition coefficient (Wildman–Crippen LogP) is 0.502. The van der Waals surface area contributed by atoms with Crippen molar-refractivity contribution in [3.05, 3.63) is 5.28 Å². The summed E-state index contributed by atoms with van der Waals surface area (Å²) in [5.74, 6) is 1.33. The van der Waals surface area contributed by atoms with Gasteiger partial charge in [0.25, 0.3) is 0 Å². The quantitative estimate of drug-likeness (QED) is 0.788. The minimum absolute atomic E-state index is 0.257. The second kappa shape index (κ2) is 6.29. The van der Waals surface area contributed by atoms with Crippen molar-refractivity contribution in [3.8, 4) is 0 Å². The molecule has 0 radical (unpaired) electrons. The van der Waals surface area contributed by atoms with Crippen molar-refractivity contribution in [1.82, 2.24) is 19.9 Å². The first kappa shape index (κ1) is 14.7. The molecule has 8 heteroatoms. The predicted molar refractivity (Wildman–Crippen MR) is 82.2 cm³/mol. The maximum atomic E-state index is 6.11. The zero-order chi connectivity index (χ0) is 14.8. The second-order valence-electron chi connectivity index (χ2n) is 5.61. The molecule has 2 aliphatic rings. The van der Waals surface area contributed by atoms with Gasteiger partial charge in [0.05, 0.1) is 13.2 Å². The molecular formula is C13H21ClN6O. The van der Waals surface area contributed by atoms with Crippen LogP contribution in [0, 0.1) is 0 Å². The van der Waals surface area contributed by atoms with E-state index in [2.05, 4.69) is 43.6 Å². The van der Waals surface area contributed by atoms with Crippen LogP contribution in [0.25, 0.3) is 0 Å². The molecule has 1 atom stereocenters. The number of hydrogen-bond donors (Lipinski definition) is 0. The van der Waals surface area contributed by atoms with E-state index < -0.39 is 0 Å². The Labute approximate surface area is 129 Å². The summed E-state index contributed by atoms with van der Waals surface area (Å²) in [5.41, 5.74) is 0. The third-order valence-corrected chi connectivity index (χ3v) is 4.13. The molecule has 0 saturated carbocycles. The molecule has 0 bridgehead atoms. The Morgan fingerprint density at radius 1 is 1.05 bits per heavy atom. The van der Waals surface area contributed by atoms with E-state index in [1.54, 1.807) is 0 Å². The standard InChI is InChI=1S/C13H21ClN6O/c1-10-9-18(2)3-4-20(10)13-16-11(14)15-12(17-13)19-5-7-21-8-6-19/h10H,3-9H2,1-2H3. The van der Waals surface area contributed by atoms with Crippen LogP contribution >= 0.6 is 11.6 Å². The van der Waals surface area contributed by atoms with Crippen LogP contribution in [-0.2, 0) is 4.74 Å². The Hall–Kier alpha value is -1.18. The van der Waals surface area contributed by atoms with E-state index >= 15 is 0 Å². The fraction of sp³-hybridized carbons (Fsp3) is 0.769. The van der Waals surface area contributed by atoms with Crippen LogP contribution < -0.4 is 9.80 Å². The summed E-state index contributed by atoms with van der Waals surface area (Å²) in [7, 11) is 2.13. The van der Waals surface area contributed by atoms with Gasteiger partial charge >= 0.3 is 0 Å². The maximum absolute atomic E-state index is 6.11. The van der Waals surface area contributed by atoms with E-state index in [4.69, 9.17) is 16.3 Å². The van der Waals surface area contributed by atoms with E-state index in [0.717, 1.165) is 32.7 Å². The Balaban J connectivity index is 1.83. The molecule has 2 saturated heterocycles. The number of aromatic nitrogens is 3. The highest BCUT2D eigenvalue weighted by atomic mass is 35.5. The molecule has 7 nitrogen and oxygen atoms in total. The van der Waals surface area contributed by atoms with Crippen molar-refractivity contribution in [2.24, 2.45) is 0 Å². The van der Waals surface area contributed by atoms with Crippen molar-refractivity contribution < 1.29 is 4.74 Å². The summed E-state index contributed by atoms with van der Waals surface area (Å²) in [6.07, 6.45) is 0. The van der Waals surface area contributed by atoms with Crippen molar-refractivity contribution in [2.75, 3.05) is 62.8 Å². The molecule has 3 rings (SSSR count). The monoisotopic (exact) mass is 312 g/mol. The third kappa shape index (κ3) is 3.36. The Morgan fingerprint density at radius 3 is 2.48 bits per heavy atom. The van der Waals surface area contributed by atoms with Gasteiger partial charge in [-0.05, 0) is 25.6 Å². The number of piperazine rings is 1. The lowest BCUT2D eigenvalue weighted by Gasteiger charge is -2.38. The van der Waals surface area contributed by atoms with Crippen LogP contribution in [0.5, 0.6) is 0 Å².